The van der Waals surface area contributed by atoms with Crippen molar-refractivity contribution >= 4 is 11.6 Å². The summed E-state index contributed by atoms with van der Waals surface area (Å²) in [5.41, 5.74) is -0.686. The van der Waals surface area contributed by atoms with Gasteiger partial charge in [-0.3, -0.25) is 0 Å². The van der Waals surface area contributed by atoms with Crippen LogP contribution in [0.3, 0.4) is 0 Å². The fourth-order valence-corrected chi connectivity index (χ4v) is 0.143. The molecule has 0 fully saturated rings. The molecule has 0 radical (unpaired) electrons. The third-order valence-electron chi connectivity index (χ3n) is 1.68. The minimum Gasteiger partial charge on any atom is -0.150 e. The van der Waals surface area contributed by atoms with Gasteiger partial charge in [0.15, 0.2) is 0 Å². The standard InChI is InChI=1S/C6H12ClNO/c1-5(2,7)6(3,4)8-9/h1-4H3. The fourth-order valence-electron chi connectivity index (χ4n) is 0.109. The monoisotopic (exact) mass is 149 g/mol. The van der Waals surface area contributed by atoms with Crippen LogP contribution in [-0.2, 0) is 0 Å². The van der Waals surface area contributed by atoms with Crippen molar-refractivity contribution in [2.45, 2.75) is 38.1 Å². The Morgan fingerprint density at radius 2 is 1.56 bits per heavy atom. The van der Waals surface area contributed by atoms with Crippen LogP contribution >= 0.6 is 11.6 Å². The van der Waals surface area contributed by atoms with Crippen LogP contribution in [0.2, 0.25) is 0 Å². The molecule has 54 valence electrons. The summed E-state index contributed by atoms with van der Waals surface area (Å²) < 4.78 is 0. The second-order valence-corrected chi connectivity index (χ2v) is 4.07. The van der Waals surface area contributed by atoms with Gasteiger partial charge in [0.2, 0.25) is 0 Å². The van der Waals surface area contributed by atoms with Crippen LogP contribution in [0.5, 0.6) is 0 Å². The number of nitroso groups, excluding NO2 is 1. The number of nitrogens with zero attached hydrogens (tertiary/aromatic N) is 1. The van der Waals surface area contributed by atoms with Gasteiger partial charge in [0.05, 0.1) is 4.87 Å². The van der Waals surface area contributed by atoms with E-state index in [4.69, 9.17) is 11.6 Å². The van der Waals surface area contributed by atoms with E-state index in [9.17, 15) is 4.91 Å². The second kappa shape index (κ2) is 2.25. The molecule has 0 aromatic heterocycles. The van der Waals surface area contributed by atoms with E-state index >= 15 is 0 Å². The van der Waals surface area contributed by atoms with E-state index in [-0.39, 0.29) is 0 Å². The van der Waals surface area contributed by atoms with Crippen molar-refractivity contribution in [2.75, 3.05) is 0 Å². The molecule has 0 aliphatic carbocycles. The van der Waals surface area contributed by atoms with Crippen LogP contribution in [0.1, 0.15) is 27.7 Å². The summed E-state index contributed by atoms with van der Waals surface area (Å²) in [5.74, 6) is 0. The number of rotatable bonds is 2. The molecule has 0 spiro atoms. The maximum absolute atomic E-state index is 10.1. The lowest BCUT2D eigenvalue weighted by atomic mass is 9.91. The van der Waals surface area contributed by atoms with E-state index < -0.39 is 10.4 Å². The van der Waals surface area contributed by atoms with Gasteiger partial charge in [-0.1, -0.05) is 5.18 Å². The highest BCUT2D eigenvalue weighted by molar-refractivity contribution is 6.24. The lowest BCUT2D eigenvalue weighted by Gasteiger charge is -2.28. The topological polar surface area (TPSA) is 29.4 Å². The van der Waals surface area contributed by atoms with Crippen molar-refractivity contribution in [3.8, 4) is 0 Å². The van der Waals surface area contributed by atoms with E-state index in [2.05, 4.69) is 5.18 Å². The predicted molar refractivity (Wildman–Crippen MR) is 39.8 cm³/mol. The van der Waals surface area contributed by atoms with Crippen LogP contribution in [0, 0.1) is 4.91 Å². The molecule has 9 heavy (non-hydrogen) atoms. The lowest BCUT2D eigenvalue weighted by Crippen LogP contribution is -2.37. The molecule has 0 aliphatic rings. The van der Waals surface area contributed by atoms with Gasteiger partial charge in [-0.05, 0) is 27.7 Å². The molecular weight excluding hydrogens is 138 g/mol. The first-order chi connectivity index (χ1) is 3.81. The summed E-state index contributed by atoms with van der Waals surface area (Å²) in [4.78, 5) is 9.58. The Bertz CT molecular complexity index is 115. The summed E-state index contributed by atoms with van der Waals surface area (Å²) in [5, 5.41) is 2.91. The number of halogens is 1. The van der Waals surface area contributed by atoms with Gasteiger partial charge in [-0.25, -0.2) is 0 Å². The summed E-state index contributed by atoms with van der Waals surface area (Å²) in [6.45, 7) is 6.98. The van der Waals surface area contributed by atoms with E-state index in [1.54, 1.807) is 27.7 Å². The van der Waals surface area contributed by atoms with Crippen LogP contribution in [0.4, 0.5) is 0 Å². The highest BCUT2D eigenvalue weighted by atomic mass is 35.5. The van der Waals surface area contributed by atoms with Gasteiger partial charge in [-0.2, -0.15) is 4.91 Å². The summed E-state index contributed by atoms with van der Waals surface area (Å²) >= 11 is 5.83. The SMILES string of the molecule is CC(C)(Cl)C(C)(C)N=O. The van der Waals surface area contributed by atoms with Gasteiger partial charge in [0.25, 0.3) is 0 Å². The largest absolute Gasteiger partial charge is 0.150 e. The lowest BCUT2D eigenvalue weighted by molar-refractivity contribution is 0.404. The Hall–Kier alpha value is -0.110. The summed E-state index contributed by atoms with van der Waals surface area (Å²) in [6, 6.07) is 0. The van der Waals surface area contributed by atoms with Crippen molar-refractivity contribution in [1.82, 2.24) is 0 Å². The Balaban J connectivity index is 4.32. The van der Waals surface area contributed by atoms with Crippen molar-refractivity contribution in [3.05, 3.63) is 4.91 Å². The van der Waals surface area contributed by atoms with E-state index in [0.717, 1.165) is 0 Å². The molecule has 0 unspecified atom stereocenters. The van der Waals surface area contributed by atoms with Crippen molar-refractivity contribution in [2.24, 2.45) is 5.18 Å². The highest BCUT2D eigenvalue weighted by Crippen LogP contribution is 2.30. The molecule has 0 heterocycles. The van der Waals surface area contributed by atoms with Crippen molar-refractivity contribution < 1.29 is 0 Å². The van der Waals surface area contributed by atoms with Gasteiger partial charge >= 0.3 is 0 Å². The van der Waals surface area contributed by atoms with Gasteiger partial charge in [-0.15, -0.1) is 11.6 Å². The van der Waals surface area contributed by atoms with E-state index in [1.165, 1.54) is 0 Å². The zero-order chi connectivity index (χ0) is 7.71. The molecule has 0 rings (SSSR count). The van der Waals surface area contributed by atoms with E-state index in [0.29, 0.717) is 0 Å². The zero-order valence-corrected chi connectivity index (χ0v) is 6.99. The third-order valence-corrected chi connectivity index (χ3v) is 2.15. The Morgan fingerprint density at radius 3 is 1.56 bits per heavy atom. The first kappa shape index (κ1) is 8.89. The molecule has 0 saturated carbocycles. The molecule has 0 aromatic rings. The molecule has 0 amide bonds. The quantitative estimate of drug-likeness (QED) is 0.438. The highest BCUT2D eigenvalue weighted by Gasteiger charge is 2.36. The van der Waals surface area contributed by atoms with Crippen LogP contribution in [0.25, 0.3) is 0 Å². The van der Waals surface area contributed by atoms with Crippen LogP contribution in [0.15, 0.2) is 5.18 Å². The Labute approximate surface area is 60.6 Å². The van der Waals surface area contributed by atoms with E-state index in [1.807, 2.05) is 0 Å². The molecule has 0 atom stereocenters. The molecule has 0 saturated heterocycles. The Kier molecular flexibility index (Phi) is 2.23. The first-order valence-corrected chi connectivity index (χ1v) is 3.22. The molecule has 0 N–H and O–H groups in total. The number of alkyl halides is 1. The van der Waals surface area contributed by atoms with Gasteiger partial charge < -0.3 is 0 Å². The molecule has 2 nitrogen and oxygen atoms in total. The summed E-state index contributed by atoms with van der Waals surface area (Å²) in [6.07, 6.45) is 0. The minimum absolute atomic E-state index is 0.561. The van der Waals surface area contributed by atoms with Gasteiger partial charge in [0.1, 0.15) is 5.54 Å². The predicted octanol–water partition coefficient (Wildman–Crippen LogP) is 2.55. The summed E-state index contributed by atoms with van der Waals surface area (Å²) in [7, 11) is 0. The first-order valence-electron chi connectivity index (χ1n) is 2.85. The minimum atomic E-state index is -0.686. The normalized spacial score (nSPS) is 13.4. The third kappa shape index (κ3) is 1.94. The average molecular weight is 150 g/mol. The second-order valence-electron chi connectivity index (χ2n) is 3.12. The van der Waals surface area contributed by atoms with Gasteiger partial charge in [0, 0.05) is 0 Å². The fraction of sp³-hybridized carbons (Fsp3) is 1.00. The molecule has 0 aliphatic heterocycles. The number of hydrogen-bond donors (Lipinski definition) is 0. The average Bonchev–Trinajstić information content (AvgIpc) is 1.64. The smallest absolute Gasteiger partial charge is 0.115 e. The van der Waals surface area contributed by atoms with Crippen LogP contribution in [-0.4, -0.2) is 10.4 Å². The molecule has 3 heteroatoms. The van der Waals surface area contributed by atoms with Crippen molar-refractivity contribution in [1.29, 1.82) is 0 Å². The van der Waals surface area contributed by atoms with Crippen molar-refractivity contribution in [3.63, 3.8) is 0 Å². The Morgan fingerprint density at radius 1 is 1.22 bits per heavy atom. The number of hydrogen-bond acceptors (Lipinski definition) is 2. The molecule has 0 aromatic carbocycles. The van der Waals surface area contributed by atoms with Crippen LogP contribution < -0.4 is 0 Å². The maximum Gasteiger partial charge on any atom is 0.115 e. The molecular formula is C6H12ClNO. The zero-order valence-electron chi connectivity index (χ0n) is 6.23. The molecule has 0 bridgehead atoms. The maximum atomic E-state index is 10.1.